The lowest BCUT2D eigenvalue weighted by atomic mass is 10.0. The maximum absolute atomic E-state index is 11.9. The molecule has 2 fully saturated rings. The molecule has 2 rings (SSSR count). The lowest BCUT2D eigenvalue weighted by Crippen LogP contribution is -2.36. The van der Waals surface area contributed by atoms with Crippen molar-refractivity contribution in [3.05, 3.63) is 12.2 Å². The molecule has 180 valence electrons. The Hall–Kier alpha value is -2.27. The van der Waals surface area contributed by atoms with Crippen molar-refractivity contribution in [1.29, 1.82) is 0 Å². The zero-order chi connectivity index (χ0) is 23.2. The van der Waals surface area contributed by atoms with Crippen LogP contribution >= 0.6 is 11.8 Å². The number of hydrogen-bond acceptors (Lipinski definition) is 7. The fourth-order valence-corrected chi connectivity index (χ4v) is 5.07. The lowest BCUT2D eigenvalue weighted by molar-refractivity contribution is -0.139. The Labute approximate surface area is 193 Å². The third-order valence-electron chi connectivity index (χ3n) is 5.21. The molecule has 0 unspecified atom stereocenters. The lowest BCUT2D eigenvalue weighted by Gasteiger charge is -2.16. The fourth-order valence-electron chi connectivity index (χ4n) is 3.53. The smallest absolute Gasteiger partial charge is 0.331 e. The van der Waals surface area contributed by atoms with Gasteiger partial charge in [-0.15, -0.1) is 0 Å². The summed E-state index contributed by atoms with van der Waals surface area (Å²) in [4.78, 5) is 46.2. The molecule has 0 bridgehead atoms. The fraction of sp³-hybridized carbons (Fsp3) is 0.714. The Balaban J connectivity index is 1.41. The Morgan fingerprint density at radius 2 is 1.84 bits per heavy atom. The molecular formula is C21H34N4O6S. The van der Waals surface area contributed by atoms with Gasteiger partial charge in [0.05, 0.1) is 18.7 Å². The van der Waals surface area contributed by atoms with Crippen LogP contribution in [0.2, 0.25) is 0 Å². The number of carbonyl (C=O) groups is 4. The minimum atomic E-state index is -0.589. The molecule has 0 aromatic heterocycles. The molecule has 2 saturated heterocycles. The number of esters is 1. The van der Waals surface area contributed by atoms with Crippen molar-refractivity contribution in [2.45, 2.75) is 55.9 Å². The van der Waals surface area contributed by atoms with Crippen molar-refractivity contribution in [2.75, 3.05) is 39.2 Å². The van der Waals surface area contributed by atoms with Crippen molar-refractivity contribution in [3.63, 3.8) is 0 Å². The second-order valence-corrected chi connectivity index (χ2v) is 8.98. The molecule has 3 atom stereocenters. The van der Waals surface area contributed by atoms with Gasteiger partial charge < -0.3 is 30.7 Å². The topological polar surface area (TPSA) is 135 Å². The second kappa shape index (κ2) is 14.7. The summed E-state index contributed by atoms with van der Waals surface area (Å²) in [5.41, 5.74) is 0. The average Bonchev–Trinajstić information content (AvgIpc) is 3.31. The zero-order valence-corrected chi connectivity index (χ0v) is 19.3. The molecule has 0 aliphatic carbocycles. The number of urea groups is 1. The molecule has 32 heavy (non-hydrogen) atoms. The normalized spacial score (nSPS) is 21.7. The number of fused-ring (bicyclic) bond motifs is 1. The monoisotopic (exact) mass is 470 g/mol. The van der Waals surface area contributed by atoms with Crippen molar-refractivity contribution in [1.82, 2.24) is 21.3 Å². The quantitative estimate of drug-likeness (QED) is 0.118. The van der Waals surface area contributed by atoms with E-state index in [4.69, 9.17) is 9.47 Å². The van der Waals surface area contributed by atoms with Gasteiger partial charge in [-0.05, 0) is 25.7 Å². The molecule has 0 aromatic carbocycles. The van der Waals surface area contributed by atoms with Gasteiger partial charge in [0.2, 0.25) is 11.8 Å². The predicted molar refractivity (Wildman–Crippen MR) is 121 cm³/mol. The van der Waals surface area contributed by atoms with Gasteiger partial charge in [-0.1, -0.05) is 6.42 Å². The molecule has 0 aromatic rings. The Morgan fingerprint density at radius 3 is 2.62 bits per heavy atom. The first-order valence-electron chi connectivity index (χ1n) is 11.1. The number of carbonyl (C=O) groups excluding carboxylic acids is 4. The van der Waals surface area contributed by atoms with Crippen LogP contribution in [0.5, 0.6) is 0 Å². The molecule has 2 heterocycles. The number of nitrogens with one attached hydrogen (secondary N) is 4. The van der Waals surface area contributed by atoms with Gasteiger partial charge in [-0.25, -0.2) is 9.59 Å². The van der Waals surface area contributed by atoms with E-state index in [0.29, 0.717) is 31.4 Å². The molecule has 4 N–H and O–H groups in total. The second-order valence-electron chi connectivity index (χ2n) is 7.71. The van der Waals surface area contributed by atoms with Gasteiger partial charge in [0.15, 0.2) is 0 Å². The Bertz CT molecular complexity index is 675. The number of thioether (sulfide) groups is 1. The minimum absolute atomic E-state index is 0.0386. The van der Waals surface area contributed by atoms with Crippen molar-refractivity contribution in [2.24, 2.45) is 0 Å². The summed E-state index contributed by atoms with van der Waals surface area (Å²) in [6, 6.07) is 0.385. The summed E-state index contributed by atoms with van der Waals surface area (Å²) in [5.74, 6) is 0.0368. The summed E-state index contributed by atoms with van der Waals surface area (Å²) < 4.78 is 9.56. The first-order chi connectivity index (χ1) is 15.5. The summed E-state index contributed by atoms with van der Waals surface area (Å²) in [6.45, 7) is 1.48. The van der Waals surface area contributed by atoms with Crippen LogP contribution in [0.25, 0.3) is 0 Å². The molecule has 2 aliphatic heterocycles. The van der Waals surface area contributed by atoms with E-state index in [0.717, 1.165) is 50.0 Å². The number of amides is 4. The number of rotatable bonds is 15. The van der Waals surface area contributed by atoms with E-state index >= 15 is 0 Å². The number of unbranched alkanes of at least 4 members (excludes halogenated alkanes) is 2. The van der Waals surface area contributed by atoms with Gasteiger partial charge >= 0.3 is 12.0 Å². The zero-order valence-electron chi connectivity index (χ0n) is 18.5. The van der Waals surface area contributed by atoms with Crippen molar-refractivity contribution < 1.29 is 28.7 Å². The van der Waals surface area contributed by atoms with Gasteiger partial charge in [-0.3, -0.25) is 9.59 Å². The van der Waals surface area contributed by atoms with Crippen LogP contribution in [0, 0.1) is 0 Å². The van der Waals surface area contributed by atoms with Crippen LogP contribution in [-0.2, 0) is 23.9 Å². The number of ether oxygens (including phenoxy) is 2. The van der Waals surface area contributed by atoms with Crippen molar-refractivity contribution in [3.8, 4) is 0 Å². The number of hydrogen-bond donors (Lipinski definition) is 4. The van der Waals surface area contributed by atoms with E-state index in [1.807, 2.05) is 11.8 Å². The molecule has 0 radical (unpaired) electrons. The molecule has 10 nitrogen and oxygen atoms in total. The summed E-state index contributed by atoms with van der Waals surface area (Å²) in [7, 11) is 1.51. The standard InChI is InChI=1S/C21H34N4O6S/c1-30-12-13-31-19(28)9-8-18(27)23-11-5-4-10-22-17(26)7-3-2-6-16-20-15(14-32-16)24-21(29)25-20/h8-9,15-16,20H,2-7,10-14H2,1H3,(H,22,26)(H,23,27)(H2,24,25,29)/b9-8+/t15-,16-,20-/m0/s1. The first-order valence-corrected chi connectivity index (χ1v) is 12.1. The highest BCUT2D eigenvalue weighted by Gasteiger charge is 2.42. The minimum Gasteiger partial charge on any atom is -0.460 e. The first kappa shape index (κ1) is 26.0. The number of methoxy groups -OCH3 is 1. The summed E-state index contributed by atoms with van der Waals surface area (Å²) in [6.07, 6.45) is 6.98. The van der Waals surface area contributed by atoms with Crippen molar-refractivity contribution >= 4 is 35.6 Å². The van der Waals surface area contributed by atoms with E-state index in [1.165, 1.54) is 7.11 Å². The van der Waals surface area contributed by atoms with E-state index in [-0.39, 0.29) is 36.5 Å². The third kappa shape index (κ3) is 9.90. The van der Waals surface area contributed by atoms with Gasteiger partial charge in [-0.2, -0.15) is 11.8 Å². The molecule has 0 saturated carbocycles. The van der Waals surface area contributed by atoms with Crippen LogP contribution < -0.4 is 21.3 Å². The highest BCUT2D eigenvalue weighted by Crippen LogP contribution is 2.33. The summed E-state index contributed by atoms with van der Waals surface area (Å²) >= 11 is 1.89. The van der Waals surface area contributed by atoms with E-state index < -0.39 is 5.97 Å². The Morgan fingerprint density at radius 1 is 1.06 bits per heavy atom. The maximum atomic E-state index is 11.9. The maximum Gasteiger partial charge on any atom is 0.331 e. The molecule has 2 aliphatic rings. The molecule has 11 heteroatoms. The third-order valence-corrected chi connectivity index (χ3v) is 6.72. The Kier molecular flexibility index (Phi) is 12.0. The van der Waals surface area contributed by atoms with Crippen LogP contribution in [0.1, 0.15) is 38.5 Å². The van der Waals surface area contributed by atoms with Crippen LogP contribution in [0.3, 0.4) is 0 Å². The van der Waals surface area contributed by atoms with Gasteiger partial charge in [0.1, 0.15) is 6.61 Å². The van der Waals surface area contributed by atoms with Crippen LogP contribution in [0.4, 0.5) is 4.79 Å². The SMILES string of the molecule is COCCOC(=O)/C=C/C(=O)NCCCCNC(=O)CCCC[C@@H]1SC[C@@H]2NC(=O)N[C@@H]21. The van der Waals surface area contributed by atoms with Gasteiger partial charge in [0, 0.05) is 49.8 Å². The van der Waals surface area contributed by atoms with E-state index in [1.54, 1.807) is 0 Å². The molecule has 4 amide bonds. The highest BCUT2D eigenvalue weighted by molar-refractivity contribution is 8.00. The van der Waals surface area contributed by atoms with E-state index in [2.05, 4.69) is 21.3 Å². The summed E-state index contributed by atoms with van der Waals surface area (Å²) in [5, 5.41) is 11.9. The average molecular weight is 471 g/mol. The molecular weight excluding hydrogens is 436 g/mol. The van der Waals surface area contributed by atoms with Crippen LogP contribution in [-0.4, -0.2) is 80.3 Å². The highest BCUT2D eigenvalue weighted by atomic mass is 32.2. The van der Waals surface area contributed by atoms with Crippen LogP contribution in [0.15, 0.2) is 12.2 Å². The van der Waals surface area contributed by atoms with Gasteiger partial charge in [0.25, 0.3) is 0 Å². The predicted octanol–water partition coefficient (Wildman–Crippen LogP) is 0.471. The van der Waals surface area contributed by atoms with E-state index in [9.17, 15) is 19.2 Å². The molecule has 0 spiro atoms. The largest absolute Gasteiger partial charge is 0.460 e.